The Balaban J connectivity index is 2.98. The molecule has 1 aliphatic rings. The second-order valence-electron chi connectivity index (χ2n) is 7.65. The molecule has 0 saturated heterocycles. The van der Waals surface area contributed by atoms with Gasteiger partial charge in [0.05, 0.1) is 0 Å². The Morgan fingerprint density at radius 2 is 1.89 bits per heavy atom. The largest absolute Gasteiger partial charge is 0.329 e. The van der Waals surface area contributed by atoms with Gasteiger partial charge in [0.1, 0.15) is 0 Å². The lowest BCUT2D eigenvalue weighted by atomic mass is 9.83. The highest BCUT2D eigenvalue weighted by atomic mass is 15.3. The van der Waals surface area contributed by atoms with E-state index in [1.807, 2.05) is 0 Å². The van der Waals surface area contributed by atoms with Crippen molar-refractivity contribution in [3.8, 4) is 0 Å². The SMILES string of the molecule is CCN(C(C)CN(C)C)C1(CN)CC(C)(C)CC1C. The molecule has 0 radical (unpaired) electrons. The molecule has 0 aromatic rings. The second-order valence-corrected chi connectivity index (χ2v) is 7.65. The summed E-state index contributed by atoms with van der Waals surface area (Å²) in [5.41, 5.74) is 6.88. The van der Waals surface area contributed by atoms with Crippen LogP contribution in [0.4, 0.5) is 0 Å². The average Bonchev–Trinajstić information content (AvgIpc) is 2.49. The molecule has 0 bridgehead atoms. The maximum Gasteiger partial charge on any atom is 0.0365 e. The predicted octanol–water partition coefficient (Wildman–Crippen LogP) is 2.41. The fourth-order valence-electron chi connectivity index (χ4n) is 4.56. The van der Waals surface area contributed by atoms with Gasteiger partial charge in [0, 0.05) is 24.7 Å². The van der Waals surface area contributed by atoms with Crippen molar-refractivity contribution in [3.63, 3.8) is 0 Å². The van der Waals surface area contributed by atoms with Crippen LogP contribution in [0, 0.1) is 11.3 Å². The molecule has 1 rings (SSSR count). The molecule has 19 heavy (non-hydrogen) atoms. The van der Waals surface area contributed by atoms with Gasteiger partial charge in [-0.15, -0.1) is 0 Å². The zero-order valence-corrected chi connectivity index (χ0v) is 14.2. The maximum atomic E-state index is 6.27. The topological polar surface area (TPSA) is 32.5 Å². The molecular weight excluding hydrogens is 234 g/mol. The van der Waals surface area contributed by atoms with Gasteiger partial charge in [-0.1, -0.05) is 27.7 Å². The van der Waals surface area contributed by atoms with E-state index in [0.29, 0.717) is 17.4 Å². The highest BCUT2D eigenvalue weighted by molar-refractivity contribution is 5.07. The zero-order chi connectivity index (χ0) is 14.8. The molecule has 114 valence electrons. The van der Waals surface area contributed by atoms with Gasteiger partial charge in [-0.3, -0.25) is 4.90 Å². The Labute approximate surface area is 120 Å². The number of nitrogens with two attached hydrogens (primary N) is 1. The minimum Gasteiger partial charge on any atom is -0.329 e. The lowest BCUT2D eigenvalue weighted by molar-refractivity contribution is 0.0209. The Kier molecular flexibility index (Phi) is 5.44. The van der Waals surface area contributed by atoms with E-state index in [-0.39, 0.29) is 5.54 Å². The van der Waals surface area contributed by atoms with E-state index in [1.165, 1.54) is 12.8 Å². The van der Waals surface area contributed by atoms with Crippen molar-refractivity contribution in [3.05, 3.63) is 0 Å². The first kappa shape index (κ1) is 16.9. The second kappa shape index (κ2) is 6.11. The van der Waals surface area contributed by atoms with E-state index in [0.717, 1.165) is 19.6 Å². The van der Waals surface area contributed by atoms with Gasteiger partial charge in [0.2, 0.25) is 0 Å². The van der Waals surface area contributed by atoms with E-state index in [2.05, 4.69) is 58.5 Å². The summed E-state index contributed by atoms with van der Waals surface area (Å²) in [6.45, 7) is 14.8. The van der Waals surface area contributed by atoms with Crippen LogP contribution >= 0.6 is 0 Å². The van der Waals surface area contributed by atoms with Crippen LogP contribution in [0.25, 0.3) is 0 Å². The molecule has 3 nitrogen and oxygen atoms in total. The molecular formula is C16H35N3. The Morgan fingerprint density at radius 3 is 2.21 bits per heavy atom. The van der Waals surface area contributed by atoms with E-state index in [4.69, 9.17) is 5.73 Å². The lowest BCUT2D eigenvalue weighted by Crippen LogP contribution is -2.60. The first-order valence-electron chi connectivity index (χ1n) is 7.80. The fourth-order valence-corrected chi connectivity index (χ4v) is 4.56. The predicted molar refractivity (Wildman–Crippen MR) is 84.4 cm³/mol. The number of likely N-dealkylation sites (N-methyl/N-ethyl adjacent to an activating group) is 2. The number of hydrogen-bond donors (Lipinski definition) is 1. The summed E-state index contributed by atoms with van der Waals surface area (Å²) in [4.78, 5) is 4.95. The third-order valence-electron chi connectivity index (χ3n) is 4.99. The maximum absolute atomic E-state index is 6.27. The number of nitrogens with zero attached hydrogens (tertiary/aromatic N) is 2. The van der Waals surface area contributed by atoms with Crippen LogP contribution in [-0.4, -0.2) is 55.1 Å². The smallest absolute Gasteiger partial charge is 0.0365 e. The summed E-state index contributed by atoms with van der Waals surface area (Å²) in [5.74, 6) is 0.678. The van der Waals surface area contributed by atoms with Crippen molar-refractivity contribution in [2.45, 2.75) is 59.0 Å². The minimum absolute atomic E-state index is 0.188. The van der Waals surface area contributed by atoms with Crippen LogP contribution in [0.3, 0.4) is 0 Å². The minimum atomic E-state index is 0.188. The summed E-state index contributed by atoms with van der Waals surface area (Å²) < 4.78 is 0. The Morgan fingerprint density at radius 1 is 1.32 bits per heavy atom. The summed E-state index contributed by atoms with van der Waals surface area (Å²) in [5, 5.41) is 0. The summed E-state index contributed by atoms with van der Waals surface area (Å²) >= 11 is 0. The molecule has 0 aromatic heterocycles. The Hall–Kier alpha value is -0.120. The average molecular weight is 269 g/mol. The number of hydrogen-bond acceptors (Lipinski definition) is 3. The van der Waals surface area contributed by atoms with Gasteiger partial charge < -0.3 is 10.6 Å². The summed E-state index contributed by atoms with van der Waals surface area (Å²) in [6, 6.07) is 0.555. The highest BCUT2D eigenvalue weighted by Crippen LogP contribution is 2.50. The van der Waals surface area contributed by atoms with Gasteiger partial charge in [0.15, 0.2) is 0 Å². The first-order chi connectivity index (χ1) is 8.68. The van der Waals surface area contributed by atoms with Crippen molar-refractivity contribution in [1.29, 1.82) is 0 Å². The molecule has 3 heteroatoms. The van der Waals surface area contributed by atoms with E-state index in [1.54, 1.807) is 0 Å². The van der Waals surface area contributed by atoms with Crippen LogP contribution < -0.4 is 5.73 Å². The van der Waals surface area contributed by atoms with Crippen LogP contribution in [0.15, 0.2) is 0 Å². The van der Waals surface area contributed by atoms with Gasteiger partial charge >= 0.3 is 0 Å². The molecule has 0 heterocycles. The molecule has 0 aliphatic heterocycles. The van der Waals surface area contributed by atoms with Crippen molar-refractivity contribution in [2.24, 2.45) is 17.1 Å². The van der Waals surface area contributed by atoms with Crippen LogP contribution in [0.2, 0.25) is 0 Å². The van der Waals surface area contributed by atoms with Crippen molar-refractivity contribution >= 4 is 0 Å². The summed E-state index contributed by atoms with van der Waals surface area (Å²) in [6.07, 6.45) is 2.51. The molecule has 0 amide bonds. The van der Waals surface area contributed by atoms with Crippen LogP contribution in [0.5, 0.6) is 0 Å². The molecule has 1 saturated carbocycles. The highest BCUT2D eigenvalue weighted by Gasteiger charge is 2.51. The van der Waals surface area contributed by atoms with Crippen molar-refractivity contribution < 1.29 is 0 Å². The number of rotatable bonds is 6. The van der Waals surface area contributed by atoms with Crippen molar-refractivity contribution in [2.75, 3.05) is 33.7 Å². The first-order valence-corrected chi connectivity index (χ1v) is 7.80. The molecule has 2 N–H and O–H groups in total. The third kappa shape index (κ3) is 3.50. The normalized spacial score (nSPS) is 32.2. The van der Waals surface area contributed by atoms with Gasteiger partial charge in [-0.2, -0.15) is 0 Å². The van der Waals surface area contributed by atoms with E-state index >= 15 is 0 Å². The quantitative estimate of drug-likeness (QED) is 0.804. The van der Waals surface area contributed by atoms with Crippen LogP contribution in [-0.2, 0) is 0 Å². The molecule has 1 fully saturated rings. The fraction of sp³-hybridized carbons (Fsp3) is 1.00. The standard InChI is InChI=1S/C16H35N3/c1-8-19(14(3)10-18(6)7)16(12-17)11-15(4,5)9-13(16)2/h13-14H,8-12,17H2,1-7H3. The molecule has 1 aliphatic carbocycles. The van der Waals surface area contributed by atoms with E-state index in [9.17, 15) is 0 Å². The third-order valence-corrected chi connectivity index (χ3v) is 4.99. The van der Waals surface area contributed by atoms with Crippen molar-refractivity contribution in [1.82, 2.24) is 9.80 Å². The monoisotopic (exact) mass is 269 g/mol. The van der Waals surface area contributed by atoms with Crippen LogP contribution in [0.1, 0.15) is 47.5 Å². The van der Waals surface area contributed by atoms with E-state index < -0.39 is 0 Å². The molecule has 3 atom stereocenters. The van der Waals surface area contributed by atoms with Gasteiger partial charge in [-0.05, 0) is 51.7 Å². The lowest BCUT2D eigenvalue weighted by Gasteiger charge is -2.48. The summed E-state index contributed by atoms with van der Waals surface area (Å²) in [7, 11) is 4.31. The Bertz CT molecular complexity index is 288. The van der Waals surface area contributed by atoms with Gasteiger partial charge in [-0.25, -0.2) is 0 Å². The molecule has 0 spiro atoms. The van der Waals surface area contributed by atoms with Gasteiger partial charge in [0.25, 0.3) is 0 Å². The molecule has 3 unspecified atom stereocenters. The molecule has 0 aromatic carbocycles. The zero-order valence-electron chi connectivity index (χ0n) is 14.2.